The van der Waals surface area contributed by atoms with Gasteiger partial charge < -0.3 is 18.9 Å². The van der Waals surface area contributed by atoms with Crippen LogP contribution in [0.15, 0.2) is 29.0 Å². The molecule has 0 saturated carbocycles. The number of aromatic nitrogens is 3. The molecule has 11 heteroatoms. The maximum atomic E-state index is 14.0. The van der Waals surface area contributed by atoms with Crippen LogP contribution in [0.25, 0.3) is 11.4 Å². The Balaban J connectivity index is 1.73. The number of amides is 1. The lowest BCUT2D eigenvalue weighted by atomic mass is 9.86. The summed E-state index contributed by atoms with van der Waals surface area (Å²) in [4.78, 5) is 21.3. The molecule has 0 spiro atoms. The number of likely N-dealkylation sites (tertiary alicyclic amines) is 1. The number of halogens is 3. The van der Waals surface area contributed by atoms with Crippen molar-refractivity contribution in [1.82, 2.24) is 20.0 Å². The molecule has 0 aromatic carbocycles. The molecule has 1 fully saturated rings. The van der Waals surface area contributed by atoms with Crippen LogP contribution in [0, 0.1) is 0 Å². The van der Waals surface area contributed by atoms with Gasteiger partial charge in [0.15, 0.2) is 5.41 Å². The smallest absolute Gasteiger partial charge is 0.385 e. The number of hydrogen-bond donors (Lipinski definition) is 0. The first-order valence-corrected chi connectivity index (χ1v) is 9.03. The van der Waals surface area contributed by atoms with Crippen LogP contribution in [0.3, 0.4) is 0 Å². The molecule has 0 N–H and O–H groups in total. The monoisotopic (exact) mass is 414 g/mol. The van der Waals surface area contributed by atoms with E-state index >= 15 is 0 Å². The van der Waals surface area contributed by atoms with Crippen molar-refractivity contribution in [1.29, 1.82) is 0 Å². The summed E-state index contributed by atoms with van der Waals surface area (Å²) in [5.74, 6) is -1.05. The molecule has 2 aromatic rings. The fourth-order valence-electron chi connectivity index (χ4n) is 3.14. The molecule has 8 nitrogen and oxygen atoms in total. The number of ether oxygens (including phenoxy) is 2. The largest absolute Gasteiger partial charge is 0.405 e. The first-order chi connectivity index (χ1) is 13.9. The summed E-state index contributed by atoms with van der Waals surface area (Å²) in [6.45, 7) is -0.195. The molecule has 0 radical (unpaired) electrons. The summed E-state index contributed by atoms with van der Waals surface area (Å²) in [7, 11) is 1.54. The quantitative estimate of drug-likeness (QED) is 0.612. The molecule has 1 saturated heterocycles. The molecule has 2 aromatic heterocycles. The average Bonchev–Trinajstić information content (AvgIpc) is 3.36. The Labute approximate surface area is 165 Å². The standard InChI is InChI=1S/C18H21F3N4O4/c1-27-8-3-9-28-11-14(26)25-7-5-17(12-25,18(19,20)21)16-23-15(24-29-16)13-4-2-6-22-10-13/h2,4,6,10H,3,5,7-9,11-12H2,1H3. The van der Waals surface area contributed by atoms with E-state index in [1.165, 1.54) is 12.4 Å². The van der Waals surface area contributed by atoms with E-state index in [2.05, 4.69) is 15.1 Å². The summed E-state index contributed by atoms with van der Waals surface area (Å²) < 4.78 is 57.1. The lowest BCUT2D eigenvalue weighted by Gasteiger charge is -2.27. The van der Waals surface area contributed by atoms with Gasteiger partial charge in [-0.15, -0.1) is 0 Å². The Hall–Kier alpha value is -2.53. The van der Waals surface area contributed by atoms with E-state index in [-0.39, 0.29) is 32.0 Å². The highest BCUT2D eigenvalue weighted by atomic mass is 19.4. The van der Waals surface area contributed by atoms with Crippen LogP contribution >= 0.6 is 0 Å². The number of methoxy groups -OCH3 is 1. The van der Waals surface area contributed by atoms with Crippen LogP contribution < -0.4 is 0 Å². The third kappa shape index (κ3) is 4.56. The van der Waals surface area contributed by atoms with Crippen molar-refractivity contribution in [2.45, 2.75) is 24.4 Å². The van der Waals surface area contributed by atoms with Crippen molar-refractivity contribution >= 4 is 5.91 Å². The fourth-order valence-corrected chi connectivity index (χ4v) is 3.14. The number of rotatable bonds is 8. The van der Waals surface area contributed by atoms with E-state index in [0.29, 0.717) is 18.6 Å². The number of alkyl halides is 3. The summed E-state index contributed by atoms with van der Waals surface area (Å²) in [5, 5.41) is 3.67. The lowest BCUT2D eigenvalue weighted by molar-refractivity contribution is -0.194. The predicted octanol–water partition coefficient (Wildman–Crippen LogP) is 2.22. The maximum absolute atomic E-state index is 14.0. The molecule has 3 heterocycles. The Morgan fingerprint density at radius 1 is 1.38 bits per heavy atom. The number of pyridine rings is 1. The van der Waals surface area contributed by atoms with Crippen LogP contribution in [0.4, 0.5) is 13.2 Å². The van der Waals surface area contributed by atoms with E-state index < -0.39 is 29.9 Å². The first-order valence-electron chi connectivity index (χ1n) is 9.03. The van der Waals surface area contributed by atoms with Crippen LogP contribution in [-0.2, 0) is 19.7 Å². The molecule has 3 rings (SSSR count). The van der Waals surface area contributed by atoms with E-state index in [9.17, 15) is 18.0 Å². The van der Waals surface area contributed by atoms with E-state index in [0.717, 1.165) is 4.90 Å². The molecule has 1 unspecified atom stereocenters. The molecule has 1 amide bonds. The number of carbonyl (C=O) groups is 1. The highest BCUT2D eigenvalue weighted by Crippen LogP contribution is 2.47. The van der Waals surface area contributed by atoms with E-state index in [1.807, 2.05) is 0 Å². The van der Waals surface area contributed by atoms with E-state index in [1.54, 1.807) is 19.2 Å². The van der Waals surface area contributed by atoms with Crippen molar-refractivity contribution < 1.29 is 32.0 Å². The van der Waals surface area contributed by atoms with Crippen LogP contribution in [0.2, 0.25) is 0 Å². The van der Waals surface area contributed by atoms with Crippen LogP contribution in [0.5, 0.6) is 0 Å². The van der Waals surface area contributed by atoms with Gasteiger partial charge in [0.25, 0.3) is 0 Å². The number of nitrogens with zero attached hydrogens (tertiary/aromatic N) is 4. The minimum absolute atomic E-state index is 0.0166. The second-order valence-electron chi connectivity index (χ2n) is 6.71. The highest BCUT2D eigenvalue weighted by molar-refractivity contribution is 5.78. The van der Waals surface area contributed by atoms with Gasteiger partial charge in [0, 0.05) is 51.4 Å². The third-order valence-electron chi connectivity index (χ3n) is 4.78. The molecular formula is C18H21F3N4O4. The third-order valence-corrected chi connectivity index (χ3v) is 4.78. The zero-order valence-electron chi connectivity index (χ0n) is 15.8. The van der Waals surface area contributed by atoms with Gasteiger partial charge in [-0.1, -0.05) is 5.16 Å². The Morgan fingerprint density at radius 3 is 2.90 bits per heavy atom. The van der Waals surface area contributed by atoms with Gasteiger partial charge in [0.05, 0.1) is 0 Å². The summed E-state index contributed by atoms with van der Waals surface area (Å²) in [5.41, 5.74) is -1.97. The van der Waals surface area contributed by atoms with Gasteiger partial charge in [-0.2, -0.15) is 18.2 Å². The van der Waals surface area contributed by atoms with Crippen molar-refractivity contribution in [2.24, 2.45) is 0 Å². The molecule has 0 bridgehead atoms. The number of carbonyl (C=O) groups excluding carboxylic acids is 1. The van der Waals surface area contributed by atoms with Gasteiger partial charge in [-0.25, -0.2) is 0 Å². The second kappa shape index (κ2) is 8.87. The van der Waals surface area contributed by atoms with Crippen LogP contribution in [-0.4, -0.2) is 72.1 Å². The van der Waals surface area contributed by atoms with Gasteiger partial charge >= 0.3 is 6.18 Å². The van der Waals surface area contributed by atoms with Gasteiger partial charge in [0.2, 0.25) is 17.6 Å². The van der Waals surface area contributed by atoms with E-state index in [4.69, 9.17) is 14.0 Å². The SMILES string of the molecule is COCCCOCC(=O)N1CCC(c2nc(-c3cccnc3)no2)(C(F)(F)F)C1. The number of hydrogen-bond acceptors (Lipinski definition) is 7. The zero-order chi connectivity index (χ0) is 20.9. The minimum Gasteiger partial charge on any atom is -0.385 e. The molecule has 1 atom stereocenters. The van der Waals surface area contributed by atoms with Gasteiger partial charge in [-0.05, 0) is 25.0 Å². The molecule has 158 valence electrons. The second-order valence-corrected chi connectivity index (χ2v) is 6.71. The highest BCUT2D eigenvalue weighted by Gasteiger charge is 2.63. The summed E-state index contributed by atoms with van der Waals surface area (Å²) in [6.07, 6.45) is -1.48. The molecular weight excluding hydrogens is 393 g/mol. The van der Waals surface area contributed by atoms with Crippen molar-refractivity contribution in [3.8, 4) is 11.4 Å². The van der Waals surface area contributed by atoms with Crippen LogP contribution in [0.1, 0.15) is 18.7 Å². The van der Waals surface area contributed by atoms with Crippen molar-refractivity contribution in [3.63, 3.8) is 0 Å². The summed E-state index contributed by atoms with van der Waals surface area (Å²) >= 11 is 0. The molecule has 1 aliphatic heterocycles. The summed E-state index contributed by atoms with van der Waals surface area (Å²) in [6, 6.07) is 3.24. The molecule has 29 heavy (non-hydrogen) atoms. The predicted molar refractivity (Wildman–Crippen MR) is 93.8 cm³/mol. The fraction of sp³-hybridized carbons (Fsp3) is 0.556. The Morgan fingerprint density at radius 2 is 2.21 bits per heavy atom. The average molecular weight is 414 g/mol. The Bertz CT molecular complexity index is 815. The van der Waals surface area contributed by atoms with Gasteiger partial charge in [0.1, 0.15) is 6.61 Å². The molecule has 0 aliphatic carbocycles. The normalized spacial score (nSPS) is 19.7. The Kier molecular flexibility index (Phi) is 6.48. The maximum Gasteiger partial charge on any atom is 0.405 e. The molecule has 1 aliphatic rings. The van der Waals surface area contributed by atoms with Crippen molar-refractivity contribution in [2.75, 3.05) is 40.0 Å². The minimum atomic E-state index is -4.67. The van der Waals surface area contributed by atoms with Crippen molar-refractivity contribution in [3.05, 3.63) is 30.4 Å². The van der Waals surface area contributed by atoms with Gasteiger partial charge in [-0.3, -0.25) is 9.78 Å². The topological polar surface area (TPSA) is 90.6 Å². The first kappa shape index (κ1) is 21.2. The zero-order valence-corrected chi connectivity index (χ0v) is 15.8. The lowest BCUT2D eigenvalue weighted by Crippen LogP contribution is -2.46.